The molecule has 0 radical (unpaired) electrons. The quantitative estimate of drug-likeness (QED) is 0.0244. The van der Waals surface area contributed by atoms with Gasteiger partial charge < -0.3 is 20.3 Å². The lowest BCUT2D eigenvalue weighted by molar-refractivity contribution is -0.143. The molecule has 0 saturated heterocycles. The van der Waals surface area contributed by atoms with Crippen LogP contribution in [0.3, 0.4) is 0 Å². The molecule has 0 fully saturated rings. The molecular weight excluding hydrogens is 935 g/mol. The lowest BCUT2D eigenvalue weighted by Gasteiger charge is -2.20. The van der Waals surface area contributed by atoms with E-state index in [-0.39, 0.29) is 18.5 Å². The van der Waals surface area contributed by atoms with Gasteiger partial charge in [-0.25, -0.2) is 0 Å². The highest BCUT2D eigenvalue weighted by molar-refractivity contribution is 5.76. The van der Waals surface area contributed by atoms with E-state index >= 15 is 0 Å². The Morgan fingerprint density at radius 2 is 0.645 bits per heavy atom. The highest BCUT2D eigenvalue weighted by Gasteiger charge is 2.18. The van der Waals surface area contributed by atoms with Crippen LogP contribution in [0.2, 0.25) is 0 Å². The summed E-state index contributed by atoms with van der Waals surface area (Å²) in [7, 11) is 0. The first-order valence-electron chi connectivity index (χ1n) is 34.3. The molecule has 0 aliphatic heterocycles. The van der Waals surface area contributed by atoms with Crippen LogP contribution in [0.1, 0.15) is 373 Å². The molecule has 448 valence electrons. The van der Waals surface area contributed by atoms with Gasteiger partial charge >= 0.3 is 5.97 Å². The summed E-state index contributed by atoms with van der Waals surface area (Å²) in [6, 6.07) is -0.637. The molecule has 0 rings (SSSR count). The fourth-order valence-corrected chi connectivity index (χ4v) is 10.7. The second-order valence-corrected chi connectivity index (χ2v) is 23.5. The van der Waals surface area contributed by atoms with Crippen LogP contribution in [-0.4, -0.2) is 47.4 Å². The van der Waals surface area contributed by atoms with Crippen molar-refractivity contribution < 1.29 is 24.5 Å². The van der Waals surface area contributed by atoms with Crippen LogP contribution in [0.25, 0.3) is 0 Å². The van der Waals surface area contributed by atoms with E-state index in [1.165, 1.54) is 270 Å². The summed E-state index contributed by atoms with van der Waals surface area (Å²) >= 11 is 0. The number of hydrogen-bond donors (Lipinski definition) is 3. The first-order chi connectivity index (χ1) is 37.5. The van der Waals surface area contributed by atoms with Gasteiger partial charge in [0, 0.05) is 12.8 Å². The van der Waals surface area contributed by atoms with Crippen LogP contribution in [0.15, 0.2) is 36.5 Å². The van der Waals surface area contributed by atoms with Crippen molar-refractivity contribution in [2.75, 3.05) is 13.2 Å². The van der Waals surface area contributed by atoms with E-state index in [9.17, 15) is 19.8 Å². The molecule has 6 nitrogen and oxygen atoms in total. The normalized spacial score (nSPS) is 12.7. The van der Waals surface area contributed by atoms with Crippen molar-refractivity contribution in [2.24, 2.45) is 0 Å². The predicted octanol–water partition coefficient (Wildman–Crippen LogP) is 21.9. The monoisotopic (exact) mass is 1070 g/mol. The molecule has 0 aliphatic rings. The van der Waals surface area contributed by atoms with Gasteiger partial charge in [0.1, 0.15) is 0 Å². The Balaban J connectivity index is 3.48. The molecule has 6 heteroatoms. The molecule has 2 atom stereocenters. The number of amides is 1. The third kappa shape index (κ3) is 61.3. The molecule has 0 bridgehead atoms. The summed E-state index contributed by atoms with van der Waals surface area (Å²) in [5.74, 6) is -0.0836. The van der Waals surface area contributed by atoms with E-state index in [1.807, 2.05) is 6.08 Å². The topological polar surface area (TPSA) is 95.9 Å². The lowest BCUT2D eigenvalue weighted by atomic mass is 10.0. The van der Waals surface area contributed by atoms with E-state index in [0.717, 1.165) is 77.0 Å². The molecule has 0 spiro atoms. The number of esters is 1. The van der Waals surface area contributed by atoms with Gasteiger partial charge in [-0.15, -0.1) is 0 Å². The average molecular weight is 1070 g/mol. The van der Waals surface area contributed by atoms with Crippen molar-refractivity contribution >= 4 is 11.9 Å². The zero-order valence-corrected chi connectivity index (χ0v) is 51.3. The maximum Gasteiger partial charge on any atom is 0.305 e. The third-order valence-electron chi connectivity index (χ3n) is 15.9. The van der Waals surface area contributed by atoms with Crippen molar-refractivity contribution in [2.45, 2.75) is 386 Å². The Kier molecular flexibility index (Phi) is 63.9. The molecule has 0 saturated carbocycles. The second kappa shape index (κ2) is 65.6. The van der Waals surface area contributed by atoms with Gasteiger partial charge in [-0.05, 0) is 64.2 Å². The minimum Gasteiger partial charge on any atom is -0.466 e. The number of carbonyl (C=O) groups is 2. The number of unbranched alkanes of at least 4 members (excludes halogenated alkanes) is 50. The first kappa shape index (κ1) is 74.1. The molecule has 2 unspecified atom stereocenters. The third-order valence-corrected chi connectivity index (χ3v) is 15.9. The van der Waals surface area contributed by atoms with Gasteiger partial charge in [-0.3, -0.25) is 9.59 Å². The van der Waals surface area contributed by atoms with E-state index in [1.54, 1.807) is 6.08 Å². The van der Waals surface area contributed by atoms with Crippen LogP contribution in [0.4, 0.5) is 0 Å². The maximum absolute atomic E-state index is 12.5. The van der Waals surface area contributed by atoms with Crippen molar-refractivity contribution in [3.05, 3.63) is 36.5 Å². The van der Waals surface area contributed by atoms with Crippen LogP contribution in [0.5, 0.6) is 0 Å². The number of aliphatic hydroxyl groups excluding tert-OH is 2. The number of nitrogens with one attached hydrogen (secondary N) is 1. The van der Waals surface area contributed by atoms with Crippen molar-refractivity contribution in [1.29, 1.82) is 0 Å². The van der Waals surface area contributed by atoms with E-state index in [0.29, 0.717) is 19.4 Å². The summed E-state index contributed by atoms with van der Waals surface area (Å²) in [5.41, 5.74) is 0. The Labute approximate surface area is 474 Å². The fourth-order valence-electron chi connectivity index (χ4n) is 10.7. The second-order valence-electron chi connectivity index (χ2n) is 23.5. The minimum atomic E-state index is -0.853. The largest absolute Gasteiger partial charge is 0.466 e. The zero-order chi connectivity index (χ0) is 55.0. The number of hydrogen-bond acceptors (Lipinski definition) is 5. The highest BCUT2D eigenvalue weighted by atomic mass is 16.5. The molecular formula is C70H133NO5. The van der Waals surface area contributed by atoms with Crippen LogP contribution in [0, 0.1) is 0 Å². The Morgan fingerprint density at radius 3 is 0.974 bits per heavy atom. The maximum atomic E-state index is 12.5. The number of ether oxygens (including phenoxy) is 1. The van der Waals surface area contributed by atoms with Crippen LogP contribution < -0.4 is 5.32 Å². The number of aliphatic hydroxyl groups is 2. The van der Waals surface area contributed by atoms with Gasteiger partial charge in [0.05, 0.1) is 25.4 Å². The number of rotatable bonds is 64. The van der Waals surface area contributed by atoms with Crippen molar-refractivity contribution in [3.8, 4) is 0 Å². The Hall–Kier alpha value is -1.92. The van der Waals surface area contributed by atoms with E-state index in [2.05, 4.69) is 43.5 Å². The van der Waals surface area contributed by atoms with Gasteiger partial charge in [0.25, 0.3) is 0 Å². The summed E-state index contributed by atoms with van der Waals surface area (Å²) in [5, 5.41) is 23.2. The predicted molar refractivity (Wildman–Crippen MR) is 333 cm³/mol. The fraction of sp³-hybridized carbons (Fsp3) is 0.886. The number of carbonyl (C=O) groups excluding carboxylic acids is 2. The highest BCUT2D eigenvalue weighted by Crippen LogP contribution is 2.18. The van der Waals surface area contributed by atoms with Crippen LogP contribution >= 0.6 is 0 Å². The van der Waals surface area contributed by atoms with Crippen molar-refractivity contribution in [3.63, 3.8) is 0 Å². The standard InChI is InChI=1S/C70H133NO5/c1-3-5-7-9-11-13-15-17-19-21-23-24-25-27-30-34-38-42-46-50-54-58-62-68(73)67(66-72)71-69(74)63-59-55-51-47-43-39-35-31-28-26-29-33-37-41-45-49-53-57-61-65-76-70(75)64-60-56-52-48-44-40-36-32-22-20-18-16-14-12-10-8-6-4-2/h33,37,41,45,58,62,67-68,72-73H,3-32,34-36,38-40,42-44,46-57,59-61,63-66H2,1-2H3,(H,71,74)/b37-33-,45-41-,62-58+. The molecule has 1 amide bonds. The molecule has 0 aromatic carbocycles. The van der Waals surface area contributed by atoms with E-state index < -0.39 is 12.1 Å². The van der Waals surface area contributed by atoms with Crippen molar-refractivity contribution in [1.82, 2.24) is 5.32 Å². The Bertz CT molecular complexity index is 1230. The Morgan fingerprint density at radius 1 is 0.368 bits per heavy atom. The van der Waals surface area contributed by atoms with Gasteiger partial charge in [-0.1, -0.05) is 333 Å². The van der Waals surface area contributed by atoms with Gasteiger partial charge in [0.2, 0.25) is 5.91 Å². The molecule has 0 heterocycles. The molecule has 0 aliphatic carbocycles. The minimum absolute atomic E-state index is 0.00912. The van der Waals surface area contributed by atoms with Crippen LogP contribution in [-0.2, 0) is 14.3 Å². The summed E-state index contributed by atoms with van der Waals surface area (Å²) in [6.07, 6.45) is 83.5. The van der Waals surface area contributed by atoms with Gasteiger partial charge in [0.15, 0.2) is 0 Å². The number of allylic oxidation sites excluding steroid dienone is 5. The summed E-state index contributed by atoms with van der Waals surface area (Å²) in [6.45, 7) is 4.90. The molecule has 0 aromatic rings. The zero-order valence-electron chi connectivity index (χ0n) is 51.3. The van der Waals surface area contributed by atoms with E-state index in [4.69, 9.17) is 4.74 Å². The first-order valence-corrected chi connectivity index (χ1v) is 34.3. The molecule has 3 N–H and O–H groups in total. The molecule has 0 aromatic heterocycles. The lowest BCUT2D eigenvalue weighted by Crippen LogP contribution is -2.45. The summed E-state index contributed by atoms with van der Waals surface area (Å²) < 4.78 is 5.48. The summed E-state index contributed by atoms with van der Waals surface area (Å²) in [4.78, 5) is 24.6. The molecule has 76 heavy (non-hydrogen) atoms. The smallest absolute Gasteiger partial charge is 0.305 e. The van der Waals surface area contributed by atoms with Gasteiger partial charge in [-0.2, -0.15) is 0 Å². The SMILES string of the molecule is CCCCCCCCCCCCCCCCCCCCCC/C=C/C(O)C(CO)NC(=O)CCCCCCCCCCCC/C=C\C=C/CCCCCOC(=O)CCCCCCCCCCCCCCCCCCCC. The average Bonchev–Trinajstić information content (AvgIpc) is 3.42.